The Labute approximate surface area is 121 Å². The first-order valence-corrected chi connectivity index (χ1v) is 6.77. The Kier molecular flexibility index (Phi) is 5.06. The van der Waals surface area contributed by atoms with Crippen LogP contribution in [-0.2, 0) is 14.3 Å². The van der Waals surface area contributed by atoms with Gasteiger partial charge in [0.1, 0.15) is 5.41 Å². The van der Waals surface area contributed by atoms with E-state index in [1.54, 1.807) is 13.8 Å². The van der Waals surface area contributed by atoms with Gasteiger partial charge in [-0.1, -0.05) is 40.7 Å². The molecule has 0 N–H and O–H groups in total. The number of hydrogen-bond acceptors (Lipinski definition) is 3. The van der Waals surface area contributed by atoms with Crippen LogP contribution in [0.2, 0.25) is 0 Å². The average molecular weight is 325 g/mol. The molecule has 1 atom stereocenters. The van der Waals surface area contributed by atoms with E-state index in [1.165, 1.54) is 6.92 Å². The Hall–Kier alpha value is -1.42. The van der Waals surface area contributed by atoms with Crippen LogP contribution in [0.3, 0.4) is 0 Å². The van der Waals surface area contributed by atoms with Crippen molar-refractivity contribution in [2.24, 2.45) is 5.41 Å². The monoisotopic (exact) mass is 324 g/mol. The first-order chi connectivity index (χ1) is 8.85. The van der Waals surface area contributed by atoms with Crippen LogP contribution in [0.25, 0.3) is 5.57 Å². The van der Waals surface area contributed by atoms with Gasteiger partial charge in [0.05, 0.1) is 6.61 Å². The second-order valence-electron chi connectivity index (χ2n) is 4.36. The second kappa shape index (κ2) is 6.15. The topological polar surface area (TPSA) is 43.4 Å². The van der Waals surface area contributed by atoms with E-state index in [2.05, 4.69) is 22.5 Å². The smallest absolute Gasteiger partial charge is 0.323 e. The Bertz CT molecular complexity index is 522. The third kappa shape index (κ3) is 2.95. The molecule has 0 heterocycles. The lowest BCUT2D eigenvalue weighted by Gasteiger charge is -2.27. The first kappa shape index (κ1) is 15.6. The van der Waals surface area contributed by atoms with Gasteiger partial charge in [-0.25, -0.2) is 0 Å². The number of ether oxygens (including phenoxy) is 1. The van der Waals surface area contributed by atoms with Gasteiger partial charge in [0, 0.05) is 4.47 Å². The van der Waals surface area contributed by atoms with Crippen molar-refractivity contribution in [2.45, 2.75) is 20.8 Å². The highest BCUT2D eigenvalue weighted by Crippen LogP contribution is 2.38. The standard InChI is InChI=1S/C15H17BrO3/c1-5-19-14(18)15(4,11(3)17)10(2)12-8-6-7-9-13(12)16/h6-9H,2,5H2,1,3-4H3. The lowest BCUT2D eigenvalue weighted by atomic mass is 9.76. The van der Waals surface area contributed by atoms with Crippen LogP contribution in [-0.4, -0.2) is 18.4 Å². The normalized spacial score (nSPS) is 13.5. The fourth-order valence-electron chi connectivity index (χ4n) is 1.73. The molecule has 1 aromatic rings. The number of carbonyl (C=O) groups excluding carboxylic acids is 2. The van der Waals surface area contributed by atoms with Crippen molar-refractivity contribution in [1.29, 1.82) is 0 Å². The van der Waals surface area contributed by atoms with Crippen molar-refractivity contribution >= 4 is 33.3 Å². The molecule has 1 unspecified atom stereocenters. The molecular formula is C15H17BrO3. The van der Waals surface area contributed by atoms with Gasteiger partial charge in [0.2, 0.25) is 0 Å². The van der Waals surface area contributed by atoms with E-state index in [0.29, 0.717) is 5.57 Å². The molecule has 102 valence electrons. The minimum Gasteiger partial charge on any atom is -0.465 e. The molecule has 0 amide bonds. The summed E-state index contributed by atoms with van der Waals surface area (Å²) in [6, 6.07) is 7.34. The van der Waals surface area contributed by atoms with Gasteiger partial charge in [-0.15, -0.1) is 0 Å². The Balaban J connectivity index is 3.28. The number of rotatable bonds is 5. The van der Waals surface area contributed by atoms with Crippen LogP contribution >= 0.6 is 15.9 Å². The molecule has 0 spiro atoms. The lowest BCUT2D eigenvalue weighted by Crippen LogP contribution is -2.37. The van der Waals surface area contributed by atoms with Crippen molar-refractivity contribution in [1.82, 2.24) is 0 Å². The number of Topliss-reactive ketones (excluding diaryl/α,β-unsaturated/α-hetero) is 1. The number of benzene rings is 1. The number of esters is 1. The van der Waals surface area contributed by atoms with E-state index in [0.717, 1.165) is 10.0 Å². The molecule has 1 aromatic carbocycles. The molecule has 0 saturated heterocycles. The van der Waals surface area contributed by atoms with Crippen molar-refractivity contribution in [3.05, 3.63) is 40.9 Å². The zero-order valence-corrected chi connectivity index (χ0v) is 12.9. The Morgan fingerprint density at radius 3 is 2.42 bits per heavy atom. The molecule has 4 heteroatoms. The summed E-state index contributed by atoms with van der Waals surface area (Å²) in [5.41, 5.74) is -0.195. The lowest BCUT2D eigenvalue weighted by molar-refractivity contribution is -0.154. The highest BCUT2D eigenvalue weighted by Gasteiger charge is 2.43. The summed E-state index contributed by atoms with van der Waals surface area (Å²) in [6.07, 6.45) is 0. The average Bonchev–Trinajstić information content (AvgIpc) is 2.37. The van der Waals surface area contributed by atoms with E-state index in [4.69, 9.17) is 4.74 Å². The quantitative estimate of drug-likeness (QED) is 0.613. The summed E-state index contributed by atoms with van der Waals surface area (Å²) in [7, 11) is 0. The zero-order chi connectivity index (χ0) is 14.6. The maximum atomic E-state index is 12.1. The van der Waals surface area contributed by atoms with Crippen molar-refractivity contribution in [2.75, 3.05) is 6.61 Å². The molecule has 0 aliphatic heterocycles. The van der Waals surface area contributed by atoms with Crippen molar-refractivity contribution < 1.29 is 14.3 Å². The number of halogens is 1. The molecule has 0 aromatic heterocycles. The second-order valence-corrected chi connectivity index (χ2v) is 5.21. The molecule has 0 fully saturated rings. The van der Waals surface area contributed by atoms with E-state index in [1.807, 2.05) is 24.3 Å². The van der Waals surface area contributed by atoms with Crippen LogP contribution in [0.1, 0.15) is 26.3 Å². The largest absolute Gasteiger partial charge is 0.465 e. The van der Waals surface area contributed by atoms with Gasteiger partial charge in [-0.3, -0.25) is 9.59 Å². The number of carbonyl (C=O) groups is 2. The summed E-state index contributed by atoms with van der Waals surface area (Å²) in [5, 5.41) is 0. The van der Waals surface area contributed by atoms with E-state index >= 15 is 0 Å². The molecule has 19 heavy (non-hydrogen) atoms. The maximum absolute atomic E-state index is 12.1. The molecule has 0 aliphatic carbocycles. The molecular weight excluding hydrogens is 308 g/mol. The van der Waals surface area contributed by atoms with Crippen LogP contribution < -0.4 is 0 Å². The zero-order valence-electron chi connectivity index (χ0n) is 11.3. The molecule has 0 radical (unpaired) electrons. The Morgan fingerprint density at radius 2 is 1.95 bits per heavy atom. The van der Waals surface area contributed by atoms with Gasteiger partial charge < -0.3 is 4.74 Å². The highest BCUT2D eigenvalue weighted by atomic mass is 79.9. The van der Waals surface area contributed by atoms with Gasteiger partial charge >= 0.3 is 5.97 Å². The number of ketones is 1. The van der Waals surface area contributed by atoms with Crippen LogP contribution in [0.5, 0.6) is 0 Å². The van der Waals surface area contributed by atoms with Crippen LogP contribution in [0, 0.1) is 5.41 Å². The van der Waals surface area contributed by atoms with Gasteiger partial charge in [0.15, 0.2) is 5.78 Å². The van der Waals surface area contributed by atoms with Crippen molar-refractivity contribution in [3.63, 3.8) is 0 Å². The fraction of sp³-hybridized carbons (Fsp3) is 0.333. The molecule has 3 nitrogen and oxygen atoms in total. The van der Waals surface area contributed by atoms with E-state index in [-0.39, 0.29) is 12.4 Å². The molecule has 0 bridgehead atoms. The fourth-order valence-corrected chi connectivity index (χ4v) is 2.25. The number of hydrogen-bond donors (Lipinski definition) is 0. The highest BCUT2D eigenvalue weighted by molar-refractivity contribution is 9.10. The Morgan fingerprint density at radius 1 is 1.37 bits per heavy atom. The molecule has 1 rings (SSSR count). The van der Waals surface area contributed by atoms with E-state index in [9.17, 15) is 9.59 Å². The maximum Gasteiger partial charge on any atom is 0.323 e. The van der Waals surface area contributed by atoms with E-state index < -0.39 is 11.4 Å². The molecule has 0 saturated carbocycles. The first-order valence-electron chi connectivity index (χ1n) is 5.98. The summed E-state index contributed by atoms with van der Waals surface area (Å²) in [5.74, 6) is -0.852. The predicted octanol–water partition coefficient (Wildman–Crippen LogP) is 3.62. The van der Waals surface area contributed by atoms with Crippen LogP contribution in [0.15, 0.2) is 35.3 Å². The summed E-state index contributed by atoms with van der Waals surface area (Å²) in [6.45, 7) is 8.79. The van der Waals surface area contributed by atoms with Crippen molar-refractivity contribution in [3.8, 4) is 0 Å². The third-order valence-electron chi connectivity index (χ3n) is 3.19. The summed E-state index contributed by atoms with van der Waals surface area (Å²) >= 11 is 3.40. The minimum atomic E-state index is -1.36. The SMILES string of the molecule is C=C(c1ccccc1Br)C(C)(C(C)=O)C(=O)OCC. The third-order valence-corrected chi connectivity index (χ3v) is 3.88. The van der Waals surface area contributed by atoms with Gasteiger partial charge in [-0.05, 0) is 38.0 Å². The van der Waals surface area contributed by atoms with Gasteiger partial charge in [0.25, 0.3) is 0 Å². The predicted molar refractivity (Wildman–Crippen MR) is 78.6 cm³/mol. The summed E-state index contributed by atoms with van der Waals surface area (Å²) in [4.78, 5) is 24.0. The summed E-state index contributed by atoms with van der Waals surface area (Å²) < 4.78 is 5.80. The minimum absolute atomic E-state index is 0.227. The molecule has 0 aliphatic rings. The van der Waals surface area contributed by atoms with Gasteiger partial charge in [-0.2, -0.15) is 0 Å². The van der Waals surface area contributed by atoms with Crippen LogP contribution in [0.4, 0.5) is 0 Å².